The number of rotatable bonds is 2. The van der Waals surface area contributed by atoms with Crippen molar-refractivity contribution >= 4 is 12.1 Å². The van der Waals surface area contributed by atoms with Gasteiger partial charge < -0.3 is 9.47 Å². The highest BCUT2D eigenvalue weighted by Crippen LogP contribution is 1.98. The molecule has 1 rings (SSSR count). The molecule has 14 heavy (non-hydrogen) atoms. The Labute approximate surface area is 79.8 Å². The van der Waals surface area contributed by atoms with E-state index in [0.717, 1.165) is 0 Å². The van der Waals surface area contributed by atoms with E-state index in [0.29, 0.717) is 0 Å². The van der Waals surface area contributed by atoms with Crippen molar-refractivity contribution in [2.45, 2.75) is 6.92 Å². The van der Waals surface area contributed by atoms with Gasteiger partial charge in [0.25, 0.3) is 0 Å². The average Bonchev–Trinajstić information content (AvgIpc) is 2.19. The smallest absolute Gasteiger partial charge is 0.434 e. The topological polar surface area (TPSA) is 78.4 Å². The van der Waals surface area contributed by atoms with Crippen molar-refractivity contribution in [2.75, 3.05) is 6.61 Å². The summed E-state index contributed by atoms with van der Waals surface area (Å²) in [4.78, 5) is 21.9. The molecule has 0 aliphatic carbocycles. The van der Waals surface area contributed by atoms with Crippen molar-refractivity contribution in [3.8, 4) is 0 Å². The van der Waals surface area contributed by atoms with E-state index in [2.05, 4.69) is 19.7 Å². The van der Waals surface area contributed by atoms with E-state index in [1.165, 1.54) is 18.5 Å². The van der Waals surface area contributed by atoms with E-state index >= 15 is 0 Å². The minimum atomic E-state index is -1.02. The quantitative estimate of drug-likeness (QED) is 0.514. The van der Waals surface area contributed by atoms with E-state index < -0.39 is 12.1 Å². The fraction of sp³-hybridized carbons (Fsp3) is 0.250. The molecule has 0 unspecified atom stereocenters. The predicted octanol–water partition coefficient (Wildman–Crippen LogP) is 0.790. The van der Waals surface area contributed by atoms with Crippen LogP contribution < -0.4 is 0 Å². The lowest BCUT2D eigenvalue weighted by molar-refractivity contribution is 0.0401. The van der Waals surface area contributed by atoms with E-state index in [1.54, 1.807) is 6.92 Å². The van der Waals surface area contributed by atoms with Gasteiger partial charge in [0, 0.05) is 0 Å². The lowest BCUT2D eigenvalue weighted by atomic mass is 10.3. The normalized spacial score (nSPS) is 9.21. The second-order valence-electron chi connectivity index (χ2n) is 2.20. The molecule has 0 radical (unpaired) electrons. The zero-order chi connectivity index (χ0) is 10.4. The van der Waals surface area contributed by atoms with Gasteiger partial charge in [-0.3, -0.25) is 0 Å². The average molecular weight is 196 g/mol. The predicted molar refractivity (Wildman–Crippen MR) is 44.5 cm³/mol. The van der Waals surface area contributed by atoms with Crippen LogP contribution in [0.1, 0.15) is 17.3 Å². The summed E-state index contributed by atoms with van der Waals surface area (Å²) >= 11 is 0. The number of carbonyl (C=O) groups is 2. The Kier molecular flexibility index (Phi) is 3.54. The minimum absolute atomic E-state index is 0.146. The van der Waals surface area contributed by atoms with Crippen LogP contribution in [0.5, 0.6) is 0 Å². The van der Waals surface area contributed by atoms with Crippen LogP contribution in [-0.4, -0.2) is 28.9 Å². The van der Waals surface area contributed by atoms with Crippen LogP contribution in [0.3, 0.4) is 0 Å². The van der Waals surface area contributed by atoms with Crippen LogP contribution in [0.2, 0.25) is 0 Å². The summed E-state index contributed by atoms with van der Waals surface area (Å²) in [5.41, 5.74) is 0.146. The summed E-state index contributed by atoms with van der Waals surface area (Å²) in [5, 5.41) is 6.93. The number of esters is 1. The molecule has 0 saturated carbocycles. The first-order valence-electron chi connectivity index (χ1n) is 3.89. The van der Waals surface area contributed by atoms with Crippen molar-refractivity contribution < 1.29 is 19.1 Å². The minimum Gasteiger partial charge on any atom is -0.434 e. The molecule has 74 valence electrons. The molecule has 0 amide bonds. The number of nitrogens with zero attached hydrogens (tertiary/aromatic N) is 2. The van der Waals surface area contributed by atoms with Crippen LogP contribution in [-0.2, 0) is 9.47 Å². The Morgan fingerprint density at radius 3 is 2.79 bits per heavy atom. The monoisotopic (exact) mass is 196 g/mol. The van der Waals surface area contributed by atoms with Crippen molar-refractivity contribution in [1.82, 2.24) is 10.2 Å². The van der Waals surface area contributed by atoms with Gasteiger partial charge in [-0.25, -0.2) is 9.59 Å². The largest absolute Gasteiger partial charge is 0.516 e. The molecule has 1 aromatic rings. The molecule has 1 heterocycles. The molecule has 0 aliphatic rings. The van der Waals surface area contributed by atoms with Crippen LogP contribution in [0.25, 0.3) is 0 Å². The molecule has 1 aromatic heterocycles. The molecule has 0 N–H and O–H groups in total. The first-order chi connectivity index (χ1) is 6.74. The molecule has 0 aromatic carbocycles. The number of aromatic nitrogens is 2. The Balaban J connectivity index is 2.55. The van der Waals surface area contributed by atoms with Crippen molar-refractivity contribution in [3.63, 3.8) is 0 Å². The molecule has 0 aliphatic heterocycles. The van der Waals surface area contributed by atoms with Crippen LogP contribution in [0, 0.1) is 0 Å². The lowest BCUT2D eigenvalue weighted by Crippen LogP contribution is -2.14. The summed E-state index contributed by atoms with van der Waals surface area (Å²) in [6.45, 7) is 1.76. The molecular weight excluding hydrogens is 188 g/mol. The van der Waals surface area contributed by atoms with Gasteiger partial charge in [-0.1, -0.05) is 0 Å². The summed E-state index contributed by atoms with van der Waals surface area (Å²) in [5.74, 6) is -0.807. The number of hydrogen-bond acceptors (Lipinski definition) is 6. The fourth-order valence-electron chi connectivity index (χ4n) is 0.693. The Morgan fingerprint density at radius 1 is 1.43 bits per heavy atom. The lowest BCUT2D eigenvalue weighted by Gasteiger charge is -2.01. The molecule has 6 heteroatoms. The number of ether oxygens (including phenoxy) is 2. The van der Waals surface area contributed by atoms with E-state index in [9.17, 15) is 9.59 Å². The van der Waals surface area contributed by atoms with Gasteiger partial charge in [-0.15, -0.1) is 0 Å². The van der Waals surface area contributed by atoms with Gasteiger partial charge in [0.15, 0.2) is 0 Å². The maximum atomic E-state index is 11.1. The maximum absolute atomic E-state index is 11.1. The first-order valence-corrected chi connectivity index (χ1v) is 3.89. The Bertz CT molecular complexity index is 325. The third-order valence-corrected chi connectivity index (χ3v) is 1.26. The van der Waals surface area contributed by atoms with Crippen molar-refractivity contribution in [1.29, 1.82) is 0 Å². The summed E-state index contributed by atoms with van der Waals surface area (Å²) < 4.78 is 8.72. The highest BCUT2D eigenvalue weighted by molar-refractivity contribution is 5.94. The molecule has 0 spiro atoms. The Morgan fingerprint density at radius 2 is 2.21 bits per heavy atom. The van der Waals surface area contributed by atoms with Crippen LogP contribution in [0.15, 0.2) is 18.5 Å². The van der Waals surface area contributed by atoms with Gasteiger partial charge in [0.05, 0.1) is 24.6 Å². The highest BCUT2D eigenvalue weighted by atomic mass is 16.7. The molecule has 0 fully saturated rings. The van der Waals surface area contributed by atoms with E-state index in [1.807, 2.05) is 0 Å². The molecule has 0 bridgehead atoms. The number of carbonyl (C=O) groups excluding carboxylic acids is 2. The summed E-state index contributed by atoms with van der Waals surface area (Å²) in [6, 6.07) is 1.38. The van der Waals surface area contributed by atoms with E-state index in [-0.39, 0.29) is 12.2 Å². The van der Waals surface area contributed by atoms with Gasteiger partial charge >= 0.3 is 12.1 Å². The van der Waals surface area contributed by atoms with Gasteiger partial charge in [-0.2, -0.15) is 10.2 Å². The fourth-order valence-corrected chi connectivity index (χ4v) is 0.693. The highest BCUT2D eigenvalue weighted by Gasteiger charge is 2.13. The molecule has 6 nitrogen and oxygen atoms in total. The second-order valence-corrected chi connectivity index (χ2v) is 2.20. The van der Waals surface area contributed by atoms with Crippen LogP contribution in [0.4, 0.5) is 4.79 Å². The van der Waals surface area contributed by atoms with E-state index in [4.69, 9.17) is 0 Å². The SMILES string of the molecule is CCOC(=O)OC(=O)c1ccnnc1. The molecule has 0 saturated heterocycles. The van der Waals surface area contributed by atoms with Gasteiger partial charge in [0.1, 0.15) is 0 Å². The maximum Gasteiger partial charge on any atom is 0.516 e. The zero-order valence-electron chi connectivity index (χ0n) is 7.47. The third-order valence-electron chi connectivity index (χ3n) is 1.26. The second kappa shape index (κ2) is 4.90. The summed E-state index contributed by atoms with van der Waals surface area (Å²) in [6.07, 6.45) is 1.50. The number of hydrogen-bond donors (Lipinski definition) is 0. The van der Waals surface area contributed by atoms with Crippen molar-refractivity contribution in [3.05, 3.63) is 24.0 Å². The zero-order valence-corrected chi connectivity index (χ0v) is 7.47. The van der Waals surface area contributed by atoms with Gasteiger partial charge in [0.2, 0.25) is 0 Å². The van der Waals surface area contributed by atoms with Crippen molar-refractivity contribution in [2.24, 2.45) is 0 Å². The summed E-state index contributed by atoms with van der Waals surface area (Å²) in [7, 11) is 0. The van der Waals surface area contributed by atoms with Gasteiger partial charge in [-0.05, 0) is 13.0 Å². The Hall–Kier alpha value is -1.98. The standard InChI is InChI=1S/C8H8N2O4/c1-2-13-8(12)14-7(11)6-3-4-9-10-5-6/h3-5H,2H2,1H3. The third kappa shape index (κ3) is 2.81. The molecule has 0 atom stereocenters. The van der Waals surface area contributed by atoms with Crippen LogP contribution >= 0.6 is 0 Å². The molecular formula is C8H8N2O4. The first kappa shape index (κ1) is 10.1.